The van der Waals surface area contributed by atoms with Gasteiger partial charge in [0.05, 0.1) is 24.2 Å². The summed E-state index contributed by atoms with van der Waals surface area (Å²) in [5, 5.41) is 11.9. The molecule has 1 amide bonds. The molecule has 0 radical (unpaired) electrons. The number of aromatic amines is 1. The second kappa shape index (κ2) is 6.93. The summed E-state index contributed by atoms with van der Waals surface area (Å²) in [4.78, 5) is 27.1. The van der Waals surface area contributed by atoms with Crippen LogP contribution in [0.3, 0.4) is 0 Å². The molecule has 0 fully saturated rings. The van der Waals surface area contributed by atoms with Crippen molar-refractivity contribution in [2.45, 2.75) is 19.9 Å². The first kappa shape index (κ1) is 16.3. The Kier molecular flexibility index (Phi) is 4.72. The maximum Gasteiger partial charge on any atom is 0.326 e. The van der Waals surface area contributed by atoms with Crippen LogP contribution < -0.4 is 11.0 Å². The van der Waals surface area contributed by atoms with Crippen LogP contribution in [0.2, 0.25) is 0 Å². The fraction of sp³-hybridized carbons (Fsp3) is 0.333. The molecule has 3 rings (SSSR count). The number of rotatable bonds is 6. The van der Waals surface area contributed by atoms with Crippen LogP contribution in [0.1, 0.15) is 22.3 Å². The van der Waals surface area contributed by atoms with E-state index in [0.717, 1.165) is 16.9 Å². The number of amides is 1. The number of ether oxygens (including phenoxy) is 1. The molecule has 9 heteroatoms. The number of H-pyrrole nitrogens is 1. The van der Waals surface area contributed by atoms with Gasteiger partial charge in [-0.25, -0.2) is 4.79 Å². The molecular formula is C15H17N5O3S. The van der Waals surface area contributed by atoms with Gasteiger partial charge in [0.2, 0.25) is 5.13 Å². The summed E-state index contributed by atoms with van der Waals surface area (Å²) in [5.41, 5.74) is 1.56. The summed E-state index contributed by atoms with van der Waals surface area (Å²) in [6.07, 6.45) is 0.774. The molecule has 0 aliphatic carbocycles. The molecule has 0 aliphatic rings. The lowest BCUT2D eigenvalue weighted by Gasteiger charge is -2.04. The molecule has 1 aromatic carbocycles. The van der Waals surface area contributed by atoms with Gasteiger partial charge in [-0.05, 0) is 24.6 Å². The minimum absolute atomic E-state index is 0.226. The van der Waals surface area contributed by atoms with Crippen LogP contribution in [0.5, 0.6) is 0 Å². The summed E-state index contributed by atoms with van der Waals surface area (Å²) in [6.45, 7) is 2.86. The van der Waals surface area contributed by atoms with Crippen LogP contribution in [0.15, 0.2) is 23.0 Å². The predicted octanol–water partition coefficient (Wildman–Crippen LogP) is 1.64. The maximum atomic E-state index is 12.3. The van der Waals surface area contributed by atoms with E-state index >= 15 is 0 Å². The molecule has 0 bridgehead atoms. The number of nitrogens with zero attached hydrogens (tertiary/aromatic N) is 3. The lowest BCUT2D eigenvalue weighted by Crippen LogP contribution is -2.19. The molecule has 8 nitrogen and oxygen atoms in total. The van der Waals surface area contributed by atoms with Gasteiger partial charge in [0.1, 0.15) is 5.01 Å². The van der Waals surface area contributed by atoms with E-state index in [9.17, 15) is 9.59 Å². The maximum absolute atomic E-state index is 12.3. The minimum atomic E-state index is -0.291. The highest BCUT2D eigenvalue weighted by molar-refractivity contribution is 7.15. The van der Waals surface area contributed by atoms with Gasteiger partial charge in [0, 0.05) is 12.7 Å². The molecule has 0 unspecified atom stereocenters. The van der Waals surface area contributed by atoms with Crippen LogP contribution in [0.25, 0.3) is 11.0 Å². The quantitative estimate of drug-likeness (QED) is 0.706. The number of benzene rings is 1. The number of methoxy groups -OCH3 is 1. The fourth-order valence-electron chi connectivity index (χ4n) is 2.33. The van der Waals surface area contributed by atoms with Crippen molar-refractivity contribution in [3.63, 3.8) is 0 Å². The first-order valence-corrected chi connectivity index (χ1v) is 8.29. The Balaban J connectivity index is 1.84. The Hall–Kier alpha value is -2.52. The lowest BCUT2D eigenvalue weighted by atomic mass is 10.2. The number of nitrogens with one attached hydrogen (secondary N) is 2. The number of hydrogen-bond acceptors (Lipinski definition) is 6. The van der Waals surface area contributed by atoms with E-state index in [1.165, 1.54) is 11.3 Å². The van der Waals surface area contributed by atoms with Gasteiger partial charge in [-0.2, -0.15) is 0 Å². The van der Waals surface area contributed by atoms with Gasteiger partial charge in [-0.3, -0.25) is 14.7 Å². The van der Waals surface area contributed by atoms with Gasteiger partial charge in [0.15, 0.2) is 0 Å². The van der Waals surface area contributed by atoms with E-state index in [1.54, 1.807) is 29.9 Å². The summed E-state index contributed by atoms with van der Waals surface area (Å²) in [7, 11) is 1.58. The molecule has 126 valence electrons. The highest BCUT2D eigenvalue weighted by Gasteiger charge is 2.13. The number of fused-ring (bicyclic) bond motifs is 1. The highest BCUT2D eigenvalue weighted by atomic mass is 32.1. The van der Waals surface area contributed by atoms with Crippen LogP contribution in [-0.2, 0) is 17.7 Å². The monoisotopic (exact) mass is 347 g/mol. The van der Waals surface area contributed by atoms with Gasteiger partial charge in [-0.15, -0.1) is 10.2 Å². The van der Waals surface area contributed by atoms with Crippen molar-refractivity contribution in [2.75, 3.05) is 19.0 Å². The molecule has 2 aromatic heterocycles. The molecule has 0 aliphatic heterocycles. The zero-order valence-electron chi connectivity index (χ0n) is 13.3. The molecule has 2 N–H and O–H groups in total. The first-order chi connectivity index (χ1) is 11.6. The average molecular weight is 347 g/mol. The lowest BCUT2D eigenvalue weighted by molar-refractivity contribution is 0.102. The Morgan fingerprint density at radius 1 is 1.42 bits per heavy atom. The normalized spacial score (nSPS) is 11.1. The van der Waals surface area contributed by atoms with Gasteiger partial charge >= 0.3 is 5.69 Å². The topological polar surface area (TPSA) is 102 Å². The van der Waals surface area contributed by atoms with Crippen LogP contribution in [0, 0.1) is 0 Å². The first-order valence-electron chi connectivity index (χ1n) is 7.47. The highest BCUT2D eigenvalue weighted by Crippen LogP contribution is 2.18. The van der Waals surface area contributed by atoms with E-state index < -0.39 is 0 Å². The Labute approximate surface area is 141 Å². The number of imidazole rings is 1. The number of aromatic nitrogens is 4. The summed E-state index contributed by atoms with van der Waals surface area (Å²) in [6, 6.07) is 5.07. The number of hydrogen-bond donors (Lipinski definition) is 2. The third-order valence-corrected chi connectivity index (χ3v) is 4.53. The Morgan fingerprint density at radius 3 is 2.96 bits per heavy atom. The largest absolute Gasteiger partial charge is 0.383 e. The van der Waals surface area contributed by atoms with E-state index in [1.807, 2.05) is 6.92 Å². The van der Waals surface area contributed by atoms with Crippen molar-refractivity contribution < 1.29 is 9.53 Å². The van der Waals surface area contributed by atoms with Crippen LogP contribution >= 0.6 is 11.3 Å². The summed E-state index contributed by atoms with van der Waals surface area (Å²) < 4.78 is 6.59. The number of anilines is 1. The molecule has 24 heavy (non-hydrogen) atoms. The van der Waals surface area contributed by atoms with Crippen molar-refractivity contribution in [3.8, 4) is 0 Å². The molecule has 0 atom stereocenters. The second-order valence-corrected chi connectivity index (χ2v) is 6.18. The van der Waals surface area contributed by atoms with Crippen molar-refractivity contribution in [1.82, 2.24) is 19.7 Å². The van der Waals surface area contributed by atoms with E-state index in [-0.39, 0.29) is 11.6 Å². The third kappa shape index (κ3) is 3.22. The van der Waals surface area contributed by atoms with E-state index in [2.05, 4.69) is 20.5 Å². The van der Waals surface area contributed by atoms with Gasteiger partial charge in [-0.1, -0.05) is 18.3 Å². The molecule has 3 aromatic rings. The fourth-order valence-corrected chi connectivity index (χ4v) is 3.00. The van der Waals surface area contributed by atoms with Crippen molar-refractivity contribution in [3.05, 3.63) is 39.3 Å². The number of carbonyl (C=O) groups excluding carboxylic acids is 1. The molecule has 0 saturated carbocycles. The molecule has 2 heterocycles. The number of carbonyl (C=O) groups is 1. The minimum Gasteiger partial charge on any atom is -0.383 e. The van der Waals surface area contributed by atoms with Crippen LogP contribution in [0.4, 0.5) is 5.13 Å². The Morgan fingerprint density at radius 2 is 2.25 bits per heavy atom. The van der Waals surface area contributed by atoms with Crippen molar-refractivity contribution >= 4 is 33.4 Å². The van der Waals surface area contributed by atoms with E-state index in [0.29, 0.717) is 29.4 Å². The molecule has 0 saturated heterocycles. The third-order valence-electron chi connectivity index (χ3n) is 3.55. The predicted molar refractivity (Wildman–Crippen MR) is 91.7 cm³/mol. The number of aryl methyl sites for hydroxylation is 1. The van der Waals surface area contributed by atoms with E-state index in [4.69, 9.17) is 4.74 Å². The SMILES string of the molecule is CCc1nnc(NC(=O)c2ccc3c(c2)[nH]c(=O)n3CCOC)s1. The zero-order valence-corrected chi connectivity index (χ0v) is 14.1. The van der Waals surface area contributed by atoms with Crippen LogP contribution in [-0.4, -0.2) is 39.4 Å². The Bertz CT molecular complexity index is 927. The smallest absolute Gasteiger partial charge is 0.326 e. The summed E-state index contributed by atoms with van der Waals surface area (Å²) in [5.74, 6) is -0.291. The zero-order chi connectivity index (χ0) is 17.1. The second-order valence-electron chi connectivity index (χ2n) is 5.12. The summed E-state index contributed by atoms with van der Waals surface area (Å²) >= 11 is 1.35. The van der Waals surface area contributed by atoms with Gasteiger partial charge in [0.25, 0.3) is 5.91 Å². The van der Waals surface area contributed by atoms with Crippen molar-refractivity contribution in [2.24, 2.45) is 0 Å². The standard InChI is InChI=1S/C15H17N5O3S/c1-3-12-18-19-14(24-12)17-13(21)9-4-5-11-10(8-9)16-15(22)20(11)6-7-23-2/h4-5,8H,3,6-7H2,1-2H3,(H,16,22)(H,17,19,21). The van der Waals surface area contributed by atoms with Crippen molar-refractivity contribution in [1.29, 1.82) is 0 Å². The average Bonchev–Trinajstić information content (AvgIpc) is 3.15. The molecule has 0 spiro atoms. The van der Waals surface area contributed by atoms with Gasteiger partial charge < -0.3 is 9.72 Å². The molecular weight excluding hydrogens is 330 g/mol.